The van der Waals surface area contributed by atoms with Crippen molar-refractivity contribution in [1.29, 1.82) is 0 Å². The Balaban J connectivity index is 0.000000169. The van der Waals surface area contributed by atoms with E-state index >= 15 is 0 Å². The number of imidazole rings is 2. The molecule has 86 heavy (non-hydrogen) atoms. The SMILES string of the molecule is O=C(O)N1CCC(n2c(=O)[nH]c3ccccc32)C[C@@H]1CCCN(Cc1ccccc1)Cc1cc2ccccc2c2ccccc12.O=C(O)N1CCC(n2c(=O)[nH]c3ccccc32)C[C@@H]1CCCN(Cc1ccccc1)Cc1cccc2ccccc12. The summed E-state index contributed by atoms with van der Waals surface area (Å²) in [6.07, 6.45) is 3.96. The van der Waals surface area contributed by atoms with Crippen LogP contribution < -0.4 is 11.4 Å². The van der Waals surface area contributed by atoms with E-state index in [1.807, 2.05) is 69.8 Å². The Bertz CT molecular complexity index is 4250. The Morgan fingerprint density at radius 2 is 0.872 bits per heavy atom. The smallest absolute Gasteiger partial charge is 0.407 e. The van der Waals surface area contributed by atoms with Gasteiger partial charge in [0.2, 0.25) is 0 Å². The Hall–Kier alpha value is -9.24. The molecule has 0 aliphatic carbocycles. The maximum absolute atomic E-state index is 13.0. The molecule has 2 aromatic heterocycles. The molecule has 2 amide bonds. The van der Waals surface area contributed by atoms with E-state index in [0.29, 0.717) is 38.8 Å². The van der Waals surface area contributed by atoms with Crippen LogP contribution >= 0.6 is 0 Å². The van der Waals surface area contributed by atoms with Crippen LogP contribution in [0.4, 0.5) is 9.59 Å². The summed E-state index contributed by atoms with van der Waals surface area (Å²) < 4.78 is 3.68. The summed E-state index contributed by atoms with van der Waals surface area (Å²) in [6, 6.07) is 70.7. The Morgan fingerprint density at radius 3 is 1.41 bits per heavy atom. The van der Waals surface area contributed by atoms with Gasteiger partial charge in [-0.2, -0.15) is 0 Å². The number of rotatable bonds is 18. The van der Waals surface area contributed by atoms with Crippen molar-refractivity contribution in [2.45, 2.75) is 102 Å². The van der Waals surface area contributed by atoms with Crippen LogP contribution in [0.25, 0.3) is 54.4 Å². The number of fused-ring (bicyclic) bond motifs is 6. The van der Waals surface area contributed by atoms with Crippen molar-refractivity contribution in [2.75, 3.05) is 26.2 Å². The molecule has 0 spiro atoms. The van der Waals surface area contributed by atoms with E-state index in [0.717, 1.165) is 87.0 Å². The van der Waals surface area contributed by atoms with Crippen LogP contribution in [0.3, 0.4) is 0 Å². The van der Waals surface area contributed by atoms with Gasteiger partial charge in [-0.1, -0.05) is 176 Å². The van der Waals surface area contributed by atoms with E-state index in [9.17, 15) is 29.4 Å². The predicted octanol–water partition coefficient (Wildman–Crippen LogP) is 14.5. The number of hydrogen-bond acceptors (Lipinski definition) is 6. The van der Waals surface area contributed by atoms with E-state index in [-0.39, 0.29) is 35.5 Å². The number of amides is 2. The number of aromatic nitrogens is 4. The fraction of sp³-hybridized carbons (Fsp3) is 0.278. The molecule has 2 saturated heterocycles. The Morgan fingerprint density at radius 1 is 0.442 bits per heavy atom. The molecule has 0 radical (unpaired) electrons. The summed E-state index contributed by atoms with van der Waals surface area (Å²) in [5.41, 5.74) is 8.26. The highest BCUT2D eigenvalue weighted by Crippen LogP contribution is 2.35. The largest absolute Gasteiger partial charge is 0.465 e. The normalized spacial score (nSPS) is 17.2. The molecule has 9 aromatic carbocycles. The summed E-state index contributed by atoms with van der Waals surface area (Å²) in [4.78, 5) is 64.4. The number of piperidine rings is 2. The molecule has 0 saturated carbocycles. The molecule has 4 atom stereocenters. The van der Waals surface area contributed by atoms with Gasteiger partial charge in [0.1, 0.15) is 0 Å². The first-order valence-corrected chi connectivity index (χ1v) is 30.4. The number of para-hydroxylation sites is 4. The number of hydrogen-bond donors (Lipinski definition) is 4. The average molecular weight is 1150 g/mol. The molecule has 14 heteroatoms. The zero-order valence-electron chi connectivity index (χ0n) is 48.5. The first-order valence-electron chi connectivity index (χ1n) is 30.4. The molecule has 2 fully saturated rings. The number of carboxylic acid groups (broad SMARTS) is 2. The first-order chi connectivity index (χ1) is 42.1. The zero-order valence-corrected chi connectivity index (χ0v) is 48.5. The predicted molar refractivity (Wildman–Crippen MR) is 344 cm³/mol. The van der Waals surface area contributed by atoms with Gasteiger partial charge in [0.05, 0.1) is 22.1 Å². The first kappa shape index (κ1) is 57.2. The van der Waals surface area contributed by atoms with Gasteiger partial charge in [0.15, 0.2) is 0 Å². The molecular weight excluding hydrogens is 1070 g/mol. The molecule has 13 rings (SSSR count). The van der Waals surface area contributed by atoms with E-state index in [1.165, 1.54) is 54.6 Å². The van der Waals surface area contributed by atoms with Crippen LogP contribution in [0.5, 0.6) is 0 Å². The zero-order chi connectivity index (χ0) is 58.9. The molecule has 438 valence electrons. The van der Waals surface area contributed by atoms with E-state index in [2.05, 4.69) is 165 Å². The minimum atomic E-state index is -0.881. The highest BCUT2D eigenvalue weighted by Gasteiger charge is 2.35. The van der Waals surface area contributed by atoms with Crippen LogP contribution in [0.15, 0.2) is 216 Å². The van der Waals surface area contributed by atoms with Crippen LogP contribution in [-0.4, -0.2) is 99.4 Å². The minimum absolute atomic E-state index is 0.0321. The second kappa shape index (κ2) is 26.4. The fourth-order valence-electron chi connectivity index (χ4n) is 13.8. The van der Waals surface area contributed by atoms with Gasteiger partial charge in [-0.05, 0) is 149 Å². The number of aromatic amines is 2. The van der Waals surface area contributed by atoms with Gasteiger partial charge in [0.25, 0.3) is 0 Å². The van der Waals surface area contributed by atoms with Crippen molar-refractivity contribution in [3.63, 3.8) is 0 Å². The maximum atomic E-state index is 13.0. The molecule has 0 bridgehead atoms. The van der Waals surface area contributed by atoms with Crippen LogP contribution in [0.2, 0.25) is 0 Å². The standard InChI is InChI=1S/C38H38N4O3.C34H36N4O3/c43-37-39-35-18-8-9-19-36(35)42(37)31-20-22-41(38(44)45)30(24-31)14-10-21-40(25-27-11-2-1-3-12-27)26-29-23-28-13-4-5-15-32(28)34-17-7-6-16-33(29)34;39-33-35-31-17-6-7-18-32(31)38(33)29-19-21-37(34(40)41)28(22-29)15-9-20-36(23-25-10-2-1-3-11-25)24-27-14-8-13-26-12-4-5-16-30(26)27/h1-9,11-13,15-19,23,30-31H,10,14,20-22,24-26H2,(H,39,43)(H,44,45);1-8,10-14,16-18,28-29H,9,15,19-24H2,(H,35,39)(H,40,41)/t30-,31?;28-,29?/m00/s1. The maximum Gasteiger partial charge on any atom is 0.407 e. The van der Waals surface area contributed by atoms with Crippen molar-refractivity contribution < 1.29 is 19.8 Å². The Labute approximate surface area is 500 Å². The van der Waals surface area contributed by atoms with E-state index in [1.54, 1.807) is 9.80 Å². The lowest BCUT2D eigenvalue weighted by atomic mass is 9.93. The van der Waals surface area contributed by atoms with E-state index < -0.39 is 12.2 Å². The summed E-state index contributed by atoms with van der Waals surface area (Å²) in [7, 11) is 0. The van der Waals surface area contributed by atoms with Crippen molar-refractivity contribution in [3.05, 3.63) is 249 Å². The van der Waals surface area contributed by atoms with E-state index in [4.69, 9.17) is 0 Å². The van der Waals surface area contributed by atoms with Gasteiger partial charge < -0.3 is 30.0 Å². The summed E-state index contributed by atoms with van der Waals surface area (Å²) in [5.74, 6) is 0. The minimum Gasteiger partial charge on any atom is -0.465 e. The second-order valence-corrected chi connectivity index (χ2v) is 23.4. The number of nitrogens with one attached hydrogen (secondary N) is 2. The number of nitrogens with zero attached hydrogens (tertiary/aromatic N) is 6. The van der Waals surface area contributed by atoms with Gasteiger partial charge in [-0.25, -0.2) is 19.2 Å². The number of carbonyl (C=O) groups is 2. The molecule has 14 nitrogen and oxygen atoms in total. The summed E-state index contributed by atoms with van der Waals surface area (Å²) in [6.45, 7) is 5.77. The summed E-state index contributed by atoms with van der Waals surface area (Å²) >= 11 is 0. The molecule has 2 unspecified atom stereocenters. The third-order valence-electron chi connectivity index (χ3n) is 17.9. The van der Waals surface area contributed by atoms with Crippen molar-refractivity contribution in [2.24, 2.45) is 0 Å². The van der Waals surface area contributed by atoms with Crippen LogP contribution in [0.1, 0.15) is 85.7 Å². The van der Waals surface area contributed by atoms with Crippen molar-refractivity contribution in [3.8, 4) is 0 Å². The van der Waals surface area contributed by atoms with Crippen molar-refractivity contribution in [1.82, 2.24) is 38.7 Å². The van der Waals surface area contributed by atoms with Crippen LogP contribution in [-0.2, 0) is 26.2 Å². The van der Waals surface area contributed by atoms with Gasteiger partial charge in [-0.15, -0.1) is 0 Å². The van der Waals surface area contributed by atoms with Crippen LogP contribution in [0, 0.1) is 0 Å². The lowest BCUT2D eigenvalue weighted by Gasteiger charge is -2.38. The van der Waals surface area contributed by atoms with Gasteiger partial charge in [0, 0.05) is 63.4 Å². The average Bonchev–Trinajstić information content (AvgIpc) is 2.88. The number of likely N-dealkylation sites (tertiary alicyclic amines) is 2. The van der Waals surface area contributed by atoms with Gasteiger partial charge in [-0.3, -0.25) is 18.9 Å². The molecule has 4 N–H and O–H groups in total. The quantitative estimate of drug-likeness (QED) is 0.0617. The highest BCUT2D eigenvalue weighted by molar-refractivity contribution is 6.09. The van der Waals surface area contributed by atoms with Crippen molar-refractivity contribution >= 4 is 66.6 Å². The lowest BCUT2D eigenvalue weighted by molar-refractivity contribution is 0.0845. The topological polar surface area (TPSA) is 163 Å². The number of H-pyrrole nitrogens is 2. The molecule has 2 aliphatic rings. The third kappa shape index (κ3) is 12.9. The molecule has 11 aromatic rings. The Kier molecular flexibility index (Phi) is 17.5. The van der Waals surface area contributed by atoms with Gasteiger partial charge >= 0.3 is 23.6 Å². The third-order valence-corrected chi connectivity index (χ3v) is 17.9. The fourth-order valence-corrected chi connectivity index (χ4v) is 13.8. The lowest BCUT2D eigenvalue weighted by Crippen LogP contribution is -2.47. The number of benzene rings is 9. The molecular formula is C72H74N8O6. The summed E-state index contributed by atoms with van der Waals surface area (Å²) in [5, 5.41) is 27.6. The highest BCUT2D eigenvalue weighted by atomic mass is 16.4. The second-order valence-electron chi connectivity index (χ2n) is 23.4. The molecule has 4 heterocycles. The molecule has 2 aliphatic heterocycles. The monoisotopic (exact) mass is 1150 g/mol.